The molecule has 4 aromatic rings. The van der Waals surface area contributed by atoms with Gasteiger partial charge >= 0.3 is 0 Å². The second-order valence-electron chi connectivity index (χ2n) is 6.48. The van der Waals surface area contributed by atoms with Crippen LogP contribution in [-0.2, 0) is 0 Å². The lowest BCUT2D eigenvalue weighted by atomic mass is 10.2. The molecule has 0 bridgehead atoms. The van der Waals surface area contributed by atoms with Crippen LogP contribution in [0.5, 0.6) is 23.0 Å². The summed E-state index contributed by atoms with van der Waals surface area (Å²) < 4.78 is 11.4. The number of aryl methyl sites for hydroxylation is 2. The zero-order chi connectivity index (χ0) is 24.5. The minimum absolute atomic E-state index is 0.626. The zero-order valence-corrected chi connectivity index (χ0v) is 21.3. The van der Waals surface area contributed by atoms with Gasteiger partial charge in [-0.25, -0.2) is 0 Å². The normalized spacial score (nSPS) is 9.06. The molecule has 0 N–H and O–H groups in total. The number of benzene rings is 4. The third-order valence-corrected chi connectivity index (χ3v) is 4.53. The zero-order valence-electron chi connectivity index (χ0n) is 20.5. The van der Waals surface area contributed by atoms with Crippen molar-refractivity contribution in [3.05, 3.63) is 119 Å². The summed E-state index contributed by atoms with van der Waals surface area (Å²) in [5.41, 5.74) is 2.24. The minimum atomic E-state index is 0.626. The van der Waals surface area contributed by atoms with Gasteiger partial charge < -0.3 is 9.47 Å². The minimum Gasteiger partial charge on any atom is -0.457 e. The average Bonchev–Trinajstić information content (AvgIpc) is 2.87. The van der Waals surface area contributed by atoms with Crippen molar-refractivity contribution in [1.82, 2.24) is 0 Å². The second-order valence-corrected chi connectivity index (χ2v) is 6.89. The molecule has 0 aliphatic rings. The van der Waals surface area contributed by atoms with E-state index in [0.29, 0.717) is 10.8 Å². The highest BCUT2D eigenvalue weighted by atomic mass is 35.5. The molecule has 33 heavy (non-hydrogen) atoms. The molecule has 4 aromatic carbocycles. The van der Waals surface area contributed by atoms with Crippen molar-refractivity contribution in [2.45, 2.75) is 41.5 Å². The molecule has 4 rings (SSSR count). The molecule has 2 nitrogen and oxygen atoms in total. The summed E-state index contributed by atoms with van der Waals surface area (Å²) in [6.45, 7) is 12.0. The summed E-state index contributed by atoms with van der Waals surface area (Å²) >= 11 is 6.00. The fourth-order valence-corrected chi connectivity index (χ4v) is 2.78. The molecule has 0 radical (unpaired) electrons. The number of rotatable bonds is 4. The van der Waals surface area contributed by atoms with Gasteiger partial charge in [-0.3, -0.25) is 0 Å². The molecule has 0 aliphatic carbocycles. The molecule has 0 aliphatic heterocycles. The first-order valence-electron chi connectivity index (χ1n) is 11.4. The highest BCUT2D eigenvalue weighted by molar-refractivity contribution is 6.32. The van der Waals surface area contributed by atoms with Crippen molar-refractivity contribution in [3.63, 3.8) is 0 Å². The van der Waals surface area contributed by atoms with Gasteiger partial charge in [0.25, 0.3) is 0 Å². The van der Waals surface area contributed by atoms with Crippen LogP contribution < -0.4 is 9.47 Å². The van der Waals surface area contributed by atoms with E-state index in [9.17, 15) is 0 Å². The van der Waals surface area contributed by atoms with E-state index in [1.807, 2.05) is 145 Å². The third kappa shape index (κ3) is 9.84. The SMILES string of the molecule is CC.CC.Cc1ccccc1Oc1ccccc1.Cc1ccccc1Oc1ccccc1Cl. The first-order chi connectivity index (χ1) is 16.1. The molecule has 0 fully saturated rings. The van der Waals surface area contributed by atoms with Crippen LogP contribution in [0.1, 0.15) is 38.8 Å². The fraction of sp³-hybridized carbons (Fsp3) is 0.200. The maximum atomic E-state index is 6.00. The van der Waals surface area contributed by atoms with Gasteiger partial charge in [0.2, 0.25) is 0 Å². The van der Waals surface area contributed by atoms with E-state index in [2.05, 4.69) is 0 Å². The standard InChI is InChI=1S/C13H11ClO.C13H12O.2C2H6/c1-10-6-2-4-8-12(10)15-13-9-5-3-7-11(13)14;1-11-7-5-6-10-13(11)14-12-8-3-2-4-9-12;2*1-2/h2-9H,1H3;2-10H,1H3;2*1-2H3. The van der Waals surface area contributed by atoms with Crippen LogP contribution >= 0.6 is 11.6 Å². The van der Waals surface area contributed by atoms with E-state index < -0.39 is 0 Å². The second kappa shape index (κ2) is 16.4. The Balaban J connectivity index is 0.000000288. The lowest BCUT2D eigenvalue weighted by molar-refractivity contribution is 0.479. The summed E-state index contributed by atoms with van der Waals surface area (Å²) in [4.78, 5) is 0. The van der Waals surface area contributed by atoms with Crippen LogP contribution in [0.15, 0.2) is 103 Å². The number of ether oxygens (including phenoxy) is 2. The van der Waals surface area contributed by atoms with E-state index >= 15 is 0 Å². The first kappa shape index (κ1) is 27.8. The van der Waals surface area contributed by atoms with E-state index in [-0.39, 0.29) is 0 Å². The van der Waals surface area contributed by atoms with E-state index in [1.54, 1.807) is 0 Å². The molecular weight excluding hydrogens is 428 g/mol. The summed E-state index contributed by atoms with van der Waals surface area (Å²) in [6.07, 6.45) is 0. The molecule has 0 amide bonds. The van der Waals surface area contributed by atoms with Gasteiger partial charge in [0, 0.05) is 0 Å². The number of halogens is 1. The van der Waals surface area contributed by atoms with Gasteiger partial charge in [0.15, 0.2) is 0 Å². The van der Waals surface area contributed by atoms with Crippen molar-refractivity contribution in [2.24, 2.45) is 0 Å². The Morgan fingerprint density at radius 2 is 0.848 bits per heavy atom. The molecule has 3 heteroatoms. The Morgan fingerprint density at radius 1 is 0.455 bits per heavy atom. The number of hydrogen-bond acceptors (Lipinski definition) is 2. The van der Waals surface area contributed by atoms with E-state index in [0.717, 1.165) is 28.4 Å². The Bertz CT molecular complexity index is 1000. The summed E-state index contributed by atoms with van der Waals surface area (Å²) in [5.74, 6) is 3.32. The van der Waals surface area contributed by atoms with Crippen LogP contribution in [-0.4, -0.2) is 0 Å². The Labute approximate surface area is 204 Å². The van der Waals surface area contributed by atoms with Crippen LogP contribution in [0.2, 0.25) is 5.02 Å². The molecule has 0 atom stereocenters. The smallest absolute Gasteiger partial charge is 0.146 e. The molecular formula is C30H35ClO2. The van der Waals surface area contributed by atoms with Gasteiger partial charge in [-0.15, -0.1) is 0 Å². The molecule has 0 spiro atoms. The molecule has 0 unspecified atom stereocenters. The van der Waals surface area contributed by atoms with Crippen molar-refractivity contribution in [3.8, 4) is 23.0 Å². The van der Waals surface area contributed by atoms with Crippen molar-refractivity contribution >= 4 is 11.6 Å². The van der Waals surface area contributed by atoms with Crippen LogP contribution in [0.25, 0.3) is 0 Å². The highest BCUT2D eigenvalue weighted by Crippen LogP contribution is 2.30. The third-order valence-electron chi connectivity index (χ3n) is 4.21. The van der Waals surface area contributed by atoms with E-state index in [4.69, 9.17) is 21.1 Å². The van der Waals surface area contributed by atoms with Crippen molar-refractivity contribution in [1.29, 1.82) is 0 Å². The largest absolute Gasteiger partial charge is 0.457 e. The van der Waals surface area contributed by atoms with Crippen LogP contribution in [0, 0.1) is 13.8 Å². The van der Waals surface area contributed by atoms with Gasteiger partial charge in [0.05, 0.1) is 5.02 Å². The highest BCUT2D eigenvalue weighted by Gasteiger charge is 2.03. The van der Waals surface area contributed by atoms with Crippen molar-refractivity contribution in [2.75, 3.05) is 0 Å². The number of hydrogen-bond donors (Lipinski definition) is 0. The molecule has 0 saturated carbocycles. The summed E-state index contributed by atoms with van der Waals surface area (Å²) in [7, 11) is 0. The summed E-state index contributed by atoms with van der Waals surface area (Å²) in [6, 6.07) is 33.1. The monoisotopic (exact) mass is 462 g/mol. The number of para-hydroxylation sites is 4. The Morgan fingerprint density at radius 3 is 1.33 bits per heavy atom. The molecule has 0 aromatic heterocycles. The molecule has 0 saturated heterocycles. The summed E-state index contributed by atoms with van der Waals surface area (Å²) in [5, 5.41) is 0.626. The molecule has 0 heterocycles. The topological polar surface area (TPSA) is 18.5 Å². The Hall–Kier alpha value is -3.23. The van der Waals surface area contributed by atoms with Crippen molar-refractivity contribution < 1.29 is 9.47 Å². The molecule has 174 valence electrons. The van der Waals surface area contributed by atoms with Crippen LogP contribution in [0.3, 0.4) is 0 Å². The quantitative estimate of drug-likeness (QED) is 0.300. The van der Waals surface area contributed by atoms with Crippen LogP contribution in [0.4, 0.5) is 0 Å². The lowest BCUT2D eigenvalue weighted by Crippen LogP contribution is -1.87. The van der Waals surface area contributed by atoms with Gasteiger partial charge in [-0.05, 0) is 61.4 Å². The Kier molecular flexibility index (Phi) is 13.8. The van der Waals surface area contributed by atoms with Gasteiger partial charge in [-0.2, -0.15) is 0 Å². The van der Waals surface area contributed by atoms with E-state index in [1.165, 1.54) is 0 Å². The lowest BCUT2D eigenvalue weighted by Gasteiger charge is -2.09. The fourth-order valence-electron chi connectivity index (χ4n) is 2.60. The van der Waals surface area contributed by atoms with Gasteiger partial charge in [-0.1, -0.05) is 106 Å². The predicted octanol–water partition coefficient (Wildman–Crippen LogP) is 10.3. The predicted molar refractivity (Wildman–Crippen MR) is 143 cm³/mol. The van der Waals surface area contributed by atoms with Gasteiger partial charge in [0.1, 0.15) is 23.0 Å². The average molecular weight is 463 g/mol. The first-order valence-corrected chi connectivity index (χ1v) is 11.8. The maximum Gasteiger partial charge on any atom is 0.146 e. The maximum absolute atomic E-state index is 6.00.